The molecule has 5 heteroatoms. The number of benzene rings is 1. The molecule has 1 atom stereocenters. The van der Waals surface area contributed by atoms with Crippen molar-refractivity contribution < 1.29 is 9.46 Å². The zero-order valence-electron chi connectivity index (χ0n) is 7.02. The Hall–Kier alpha value is -0.830. The van der Waals surface area contributed by atoms with Gasteiger partial charge in [-0.15, -0.1) is 0 Å². The van der Waals surface area contributed by atoms with Gasteiger partial charge in [-0.1, -0.05) is 24.4 Å². The quantitative estimate of drug-likeness (QED) is 0.582. The molecule has 0 bridgehead atoms. The third-order valence-corrected chi connectivity index (χ3v) is 2.33. The molecule has 0 amide bonds. The highest BCUT2D eigenvalue weighted by Gasteiger charge is 2.20. The Kier molecular flexibility index (Phi) is 3.48. The summed E-state index contributed by atoms with van der Waals surface area (Å²) in [6.45, 7) is 1.72. The first-order valence-electron chi connectivity index (χ1n) is 3.64. The van der Waals surface area contributed by atoms with Crippen LogP contribution in [0.5, 0.6) is 0 Å². The number of rotatable bonds is 2. The Balaban J connectivity index is 3.04. The second-order valence-corrected chi connectivity index (χ2v) is 4.11. The zero-order valence-corrected chi connectivity index (χ0v) is 8.73. The van der Waals surface area contributed by atoms with Crippen LogP contribution in [0.2, 0.25) is 0 Å². The van der Waals surface area contributed by atoms with E-state index in [4.69, 9.17) is 17.1 Å². The summed E-state index contributed by atoms with van der Waals surface area (Å²) in [5.74, 6) is 0. The Labute approximate surface area is 82.7 Å². The van der Waals surface area contributed by atoms with Crippen molar-refractivity contribution in [3.63, 3.8) is 0 Å². The number of para-hydroxylation sites is 1. The van der Waals surface area contributed by atoms with Gasteiger partial charge in [0.25, 0.3) is 0 Å². The number of hydrogen-bond acceptors (Lipinski definition) is 2. The van der Waals surface area contributed by atoms with Crippen molar-refractivity contribution in [2.24, 2.45) is 0 Å². The molecule has 0 fully saturated rings. The summed E-state index contributed by atoms with van der Waals surface area (Å²) >= 11 is 4.84. The van der Waals surface area contributed by atoms with Crippen molar-refractivity contribution in [1.82, 2.24) is 0 Å². The van der Waals surface area contributed by atoms with Gasteiger partial charge in [0.15, 0.2) is 0 Å². The summed E-state index contributed by atoms with van der Waals surface area (Å²) in [5, 5.41) is 3.22. The molecule has 0 spiro atoms. The SMILES string of the molecule is CC(=S)Nc1ccccc1[P+](=O)O. The monoisotopic (exact) mass is 214 g/mol. The van der Waals surface area contributed by atoms with Gasteiger partial charge in [-0.2, -0.15) is 4.89 Å². The molecule has 0 aliphatic heterocycles. The molecule has 0 aliphatic rings. The van der Waals surface area contributed by atoms with Crippen LogP contribution in [0.4, 0.5) is 5.69 Å². The van der Waals surface area contributed by atoms with Crippen LogP contribution in [0.25, 0.3) is 0 Å². The summed E-state index contributed by atoms with van der Waals surface area (Å²) in [6, 6.07) is 6.81. The molecule has 0 aliphatic carbocycles. The van der Waals surface area contributed by atoms with Crippen molar-refractivity contribution in [2.45, 2.75) is 6.92 Å². The predicted molar refractivity (Wildman–Crippen MR) is 57.8 cm³/mol. The van der Waals surface area contributed by atoms with Crippen molar-refractivity contribution in [1.29, 1.82) is 0 Å². The molecule has 3 nitrogen and oxygen atoms in total. The van der Waals surface area contributed by atoms with Crippen LogP contribution in [-0.2, 0) is 4.57 Å². The third-order valence-electron chi connectivity index (χ3n) is 1.42. The first-order valence-corrected chi connectivity index (χ1v) is 5.26. The molecule has 1 unspecified atom stereocenters. The highest BCUT2D eigenvalue weighted by atomic mass is 32.1. The minimum atomic E-state index is -2.32. The van der Waals surface area contributed by atoms with E-state index in [1.165, 1.54) is 0 Å². The van der Waals surface area contributed by atoms with Crippen LogP contribution in [0.3, 0.4) is 0 Å². The maximum atomic E-state index is 10.9. The molecule has 0 saturated carbocycles. The minimum absolute atomic E-state index is 0.377. The maximum Gasteiger partial charge on any atom is 0.548 e. The molecular formula is C8H9NO2PS+. The van der Waals surface area contributed by atoms with Crippen LogP contribution in [0.1, 0.15) is 6.92 Å². The van der Waals surface area contributed by atoms with Gasteiger partial charge >= 0.3 is 8.03 Å². The smallest absolute Gasteiger partial charge is 0.346 e. The van der Waals surface area contributed by atoms with E-state index in [9.17, 15) is 4.57 Å². The van der Waals surface area contributed by atoms with Crippen LogP contribution in [0.15, 0.2) is 24.3 Å². The fraction of sp³-hybridized carbons (Fsp3) is 0.125. The third kappa shape index (κ3) is 2.84. The highest BCUT2D eigenvalue weighted by molar-refractivity contribution is 7.80. The van der Waals surface area contributed by atoms with Crippen molar-refractivity contribution in [3.8, 4) is 0 Å². The van der Waals surface area contributed by atoms with E-state index >= 15 is 0 Å². The van der Waals surface area contributed by atoms with Gasteiger partial charge in [0.2, 0.25) is 5.30 Å². The minimum Gasteiger partial charge on any atom is -0.346 e. The number of nitrogens with one attached hydrogen (secondary N) is 1. The lowest BCUT2D eigenvalue weighted by atomic mass is 10.3. The van der Waals surface area contributed by atoms with Gasteiger partial charge in [0.05, 0.1) is 10.7 Å². The Bertz CT molecular complexity index is 354. The molecule has 2 N–H and O–H groups in total. The van der Waals surface area contributed by atoms with Crippen LogP contribution < -0.4 is 10.6 Å². The highest BCUT2D eigenvalue weighted by Crippen LogP contribution is 2.19. The number of anilines is 1. The lowest BCUT2D eigenvalue weighted by Crippen LogP contribution is -2.11. The zero-order chi connectivity index (χ0) is 9.84. The van der Waals surface area contributed by atoms with Crippen molar-refractivity contribution in [3.05, 3.63) is 24.3 Å². The van der Waals surface area contributed by atoms with Gasteiger partial charge in [-0.05, 0) is 23.6 Å². The van der Waals surface area contributed by atoms with E-state index in [1.807, 2.05) is 0 Å². The lowest BCUT2D eigenvalue weighted by molar-refractivity contribution is 0.513. The van der Waals surface area contributed by atoms with Gasteiger partial charge in [-0.25, -0.2) is 0 Å². The van der Waals surface area contributed by atoms with Crippen LogP contribution in [-0.4, -0.2) is 9.88 Å². The van der Waals surface area contributed by atoms with Gasteiger partial charge in [-0.3, -0.25) is 0 Å². The first kappa shape index (κ1) is 10.3. The van der Waals surface area contributed by atoms with Gasteiger partial charge in [0.1, 0.15) is 0 Å². The Morgan fingerprint density at radius 3 is 2.69 bits per heavy atom. The normalized spacial score (nSPS) is 10.8. The van der Waals surface area contributed by atoms with Gasteiger partial charge < -0.3 is 5.32 Å². The molecule has 1 rings (SSSR count). The maximum absolute atomic E-state index is 10.9. The fourth-order valence-electron chi connectivity index (χ4n) is 0.936. The van der Waals surface area contributed by atoms with Crippen molar-refractivity contribution in [2.75, 3.05) is 5.32 Å². The average Bonchev–Trinajstić information content (AvgIpc) is 2.03. The van der Waals surface area contributed by atoms with E-state index in [1.54, 1.807) is 31.2 Å². The van der Waals surface area contributed by atoms with Crippen LogP contribution >= 0.6 is 20.2 Å². The summed E-state index contributed by atoms with van der Waals surface area (Å²) in [7, 11) is -2.32. The van der Waals surface area contributed by atoms with Crippen LogP contribution in [0, 0.1) is 0 Å². The summed E-state index contributed by atoms with van der Waals surface area (Å²) in [4.78, 5) is 9.52. The van der Waals surface area contributed by atoms with E-state index in [0.717, 1.165) is 0 Å². The van der Waals surface area contributed by atoms with Crippen molar-refractivity contribution >= 4 is 36.2 Å². The van der Waals surface area contributed by atoms with E-state index in [2.05, 4.69) is 5.32 Å². The second-order valence-electron chi connectivity index (χ2n) is 2.47. The molecule has 13 heavy (non-hydrogen) atoms. The van der Waals surface area contributed by atoms with E-state index in [0.29, 0.717) is 16.0 Å². The Morgan fingerprint density at radius 1 is 1.54 bits per heavy atom. The summed E-state index contributed by atoms with van der Waals surface area (Å²) < 4.78 is 10.9. The summed E-state index contributed by atoms with van der Waals surface area (Å²) in [6.07, 6.45) is 0. The molecule has 1 aromatic rings. The second kappa shape index (κ2) is 4.42. The standard InChI is InChI=1S/C8H8NO2PS/c1-6(13)9-7-4-2-3-5-8(7)12(10)11/h2-5H,1H3,(H-,9,10,11,13)/p+1. The molecule has 0 radical (unpaired) electrons. The van der Waals surface area contributed by atoms with E-state index < -0.39 is 8.03 Å². The average molecular weight is 214 g/mol. The molecular weight excluding hydrogens is 205 g/mol. The molecule has 0 saturated heterocycles. The molecule has 0 heterocycles. The number of thiocarbonyl (C=S) groups is 1. The number of hydrogen-bond donors (Lipinski definition) is 2. The van der Waals surface area contributed by atoms with E-state index in [-0.39, 0.29) is 0 Å². The first-order chi connectivity index (χ1) is 6.11. The largest absolute Gasteiger partial charge is 0.548 e. The lowest BCUT2D eigenvalue weighted by Gasteiger charge is -2.01. The predicted octanol–water partition coefficient (Wildman–Crippen LogP) is 1.81. The fourth-order valence-corrected chi connectivity index (χ4v) is 1.60. The molecule has 1 aromatic carbocycles. The molecule has 68 valence electrons. The Morgan fingerprint density at radius 2 is 2.15 bits per heavy atom. The summed E-state index contributed by atoms with van der Waals surface area (Å²) in [5.41, 5.74) is 0.596. The topological polar surface area (TPSA) is 49.3 Å². The molecule has 0 aromatic heterocycles. The van der Waals surface area contributed by atoms with Gasteiger partial charge in [0, 0.05) is 0 Å².